The molecule has 0 heterocycles. The van der Waals surface area contributed by atoms with Gasteiger partial charge in [-0.3, -0.25) is 14.4 Å². The highest BCUT2D eigenvalue weighted by molar-refractivity contribution is 8.00. The molecule has 4 aromatic carbocycles. The number of nitrogens with one attached hydrogen (secondary N) is 3. The van der Waals surface area contributed by atoms with Crippen LogP contribution in [0.15, 0.2) is 102 Å². The van der Waals surface area contributed by atoms with Crippen LogP contribution in [0.4, 0.5) is 11.4 Å². The predicted octanol–water partition coefficient (Wildman–Crippen LogP) is 6.03. The van der Waals surface area contributed by atoms with E-state index in [2.05, 4.69) is 16.0 Å². The summed E-state index contributed by atoms with van der Waals surface area (Å²) in [5.41, 5.74) is 2.14. The molecule has 248 valence electrons. The normalized spacial score (nSPS) is 10.8. The minimum atomic E-state index is -0.595. The maximum Gasteiger partial charge on any atom is 0.338 e. The molecule has 0 radical (unpaired) electrons. The third kappa shape index (κ3) is 9.63. The van der Waals surface area contributed by atoms with Crippen LogP contribution in [0.25, 0.3) is 6.08 Å². The van der Waals surface area contributed by atoms with Gasteiger partial charge in [-0.05, 0) is 73.7 Å². The molecule has 0 aliphatic carbocycles. The highest BCUT2D eigenvalue weighted by atomic mass is 32.2. The first-order chi connectivity index (χ1) is 23.2. The average Bonchev–Trinajstić information content (AvgIpc) is 3.11. The number of thioether (sulfide) groups is 1. The van der Waals surface area contributed by atoms with Crippen LogP contribution in [0, 0.1) is 0 Å². The largest absolute Gasteiger partial charge is 0.496 e. The van der Waals surface area contributed by atoms with Gasteiger partial charge in [0.1, 0.15) is 11.4 Å². The number of carbonyl (C=O) groups excluding carboxylic acids is 4. The zero-order valence-corrected chi connectivity index (χ0v) is 27.6. The molecule has 0 fully saturated rings. The van der Waals surface area contributed by atoms with Crippen LogP contribution in [0.2, 0.25) is 0 Å². The van der Waals surface area contributed by atoms with Gasteiger partial charge in [-0.2, -0.15) is 0 Å². The van der Waals surface area contributed by atoms with Gasteiger partial charge in [-0.15, -0.1) is 11.8 Å². The number of anilines is 2. The Morgan fingerprint density at radius 3 is 2.06 bits per heavy atom. The monoisotopic (exact) mass is 669 g/mol. The second-order valence-electron chi connectivity index (χ2n) is 9.94. The molecule has 0 saturated carbocycles. The average molecular weight is 670 g/mol. The SMILES string of the molecule is CCOC(=O)c1ccc(NC(=O)CSc2cccc(NC(=O)/C(=C\c3cc(OC)c(OC)cc3OC)NC(=O)c3ccccc3)c2)cc1. The van der Waals surface area contributed by atoms with Gasteiger partial charge in [0.25, 0.3) is 11.8 Å². The van der Waals surface area contributed by atoms with Gasteiger partial charge in [0, 0.05) is 33.5 Å². The zero-order chi connectivity index (χ0) is 34.5. The highest BCUT2D eigenvalue weighted by Crippen LogP contribution is 2.35. The molecule has 0 aliphatic rings. The second kappa shape index (κ2) is 17.2. The number of benzene rings is 4. The van der Waals surface area contributed by atoms with Crippen LogP contribution in [-0.2, 0) is 14.3 Å². The number of amides is 3. The molecule has 0 aromatic heterocycles. The lowest BCUT2D eigenvalue weighted by Crippen LogP contribution is -2.30. The van der Waals surface area contributed by atoms with Gasteiger partial charge in [0.2, 0.25) is 5.91 Å². The fraction of sp³-hybridized carbons (Fsp3) is 0.167. The van der Waals surface area contributed by atoms with Gasteiger partial charge >= 0.3 is 5.97 Å². The fourth-order valence-electron chi connectivity index (χ4n) is 4.38. The summed E-state index contributed by atoms with van der Waals surface area (Å²) in [5.74, 6) is -0.449. The lowest BCUT2D eigenvalue weighted by molar-refractivity contribution is -0.114. The van der Waals surface area contributed by atoms with E-state index in [1.54, 1.807) is 91.9 Å². The van der Waals surface area contributed by atoms with E-state index in [4.69, 9.17) is 18.9 Å². The number of esters is 1. The van der Waals surface area contributed by atoms with E-state index < -0.39 is 17.8 Å². The summed E-state index contributed by atoms with van der Waals surface area (Å²) < 4.78 is 21.3. The smallest absolute Gasteiger partial charge is 0.338 e. The predicted molar refractivity (Wildman–Crippen MR) is 185 cm³/mol. The Hall–Kier alpha value is -5.75. The zero-order valence-electron chi connectivity index (χ0n) is 26.8. The van der Waals surface area contributed by atoms with Crippen LogP contribution in [0.1, 0.15) is 33.2 Å². The third-order valence-corrected chi connectivity index (χ3v) is 7.70. The molecule has 0 spiro atoms. The fourth-order valence-corrected chi connectivity index (χ4v) is 5.13. The van der Waals surface area contributed by atoms with E-state index in [-0.39, 0.29) is 24.0 Å². The highest BCUT2D eigenvalue weighted by Gasteiger charge is 2.18. The number of hydrogen-bond donors (Lipinski definition) is 3. The molecule has 12 heteroatoms. The standard InChI is InChI=1S/C36H35N3O8S/c1-5-47-36(43)24-14-16-26(17-15-24)37-33(40)22-48-28-13-9-12-27(20-28)38-35(42)29(39-34(41)23-10-7-6-8-11-23)18-25-19-31(45-3)32(46-4)21-30(25)44-2/h6-21H,5,22H2,1-4H3,(H,37,40)(H,38,42)(H,39,41)/b29-18+. The van der Waals surface area contributed by atoms with Crippen molar-refractivity contribution >= 4 is 52.9 Å². The van der Waals surface area contributed by atoms with Crippen LogP contribution in [0.5, 0.6) is 17.2 Å². The topological polar surface area (TPSA) is 141 Å². The summed E-state index contributed by atoms with van der Waals surface area (Å²) in [4.78, 5) is 52.0. The number of ether oxygens (including phenoxy) is 4. The first-order valence-electron chi connectivity index (χ1n) is 14.7. The van der Waals surface area contributed by atoms with Gasteiger partial charge in [0.15, 0.2) is 11.5 Å². The summed E-state index contributed by atoms with van der Waals surface area (Å²) in [6.45, 7) is 2.00. The molecular formula is C36H35N3O8S. The minimum absolute atomic E-state index is 0.0548. The van der Waals surface area contributed by atoms with E-state index >= 15 is 0 Å². The van der Waals surface area contributed by atoms with Crippen LogP contribution in [0.3, 0.4) is 0 Å². The van der Waals surface area contributed by atoms with Crippen molar-refractivity contribution in [3.63, 3.8) is 0 Å². The lowest BCUT2D eigenvalue weighted by atomic mass is 10.1. The Bertz CT molecular complexity index is 1790. The molecule has 0 aliphatic heterocycles. The van der Waals surface area contributed by atoms with Crippen LogP contribution in [-0.4, -0.2) is 57.4 Å². The van der Waals surface area contributed by atoms with Crippen molar-refractivity contribution in [2.24, 2.45) is 0 Å². The Kier molecular flexibility index (Phi) is 12.6. The molecule has 48 heavy (non-hydrogen) atoms. The Balaban J connectivity index is 1.49. The Morgan fingerprint density at radius 1 is 0.708 bits per heavy atom. The van der Waals surface area contributed by atoms with Crippen molar-refractivity contribution in [1.29, 1.82) is 0 Å². The Labute approximate surface area is 282 Å². The molecule has 0 bridgehead atoms. The van der Waals surface area contributed by atoms with Crippen molar-refractivity contribution in [2.75, 3.05) is 44.3 Å². The summed E-state index contributed by atoms with van der Waals surface area (Å²) in [5, 5.41) is 8.34. The van der Waals surface area contributed by atoms with Gasteiger partial charge in [0.05, 0.1) is 39.3 Å². The molecule has 4 aromatic rings. The molecule has 3 N–H and O–H groups in total. The first kappa shape index (κ1) is 35.1. The summed E-state index contributed by atoms with van der Waals surface area (Å²) in [6, 6.07) is 25.2. The van der Waals surface area contributed by atoms with Crippen molar-refractivity contribution in [1.82, 2.24) is 5.32 Å². The van der Waals surface area contributed by atoms with E-state index in [9.17, 15) is 19.2 Å². The van der Waals surface area contributed by atoms with Gasteiger partial charge < -0.3 is 34.9 Å². The maximum absolute atomic E-state index is 13.7. The van der Waals surface area contributed by atoms with Crippen molar-refractivity contribution < 1.29 is 38.1 Å². The van der Waals surface area contributed by atoms with E-state index in [1.165, 1.54) is 39.2 Å². The molecule has 0 unspecified atom stereocenters. The van der Waals surface area contributed by atoms with Gasteiger partial charge in [-0.1, -0.05) is 24.3 Å². The van der Waals surface area contributed by atoms with E-state index in [0.717, 1.165) is 4.90 Å². The molecular weight excluding hydrogens is 634 g/mol. The molecule has 3 amide bonds. The van der Waals surface area contributed by atoms with E-state index in [0.29, 0.717) is 45.3 Å². The molecule has 0 saturated heterocycles. The molecule has 11 nitrogen and oxygen atoms in total. The van der Waals surface area contributed by atoms with Crippen LogP contribution >= 0.6 is 11.8 Å². The van der Waals surface area contributed by atoms with Crippen molar-refractivity contribution in [2.45, 2.75) is 11.8 Å². The van der Waals surface area contributed by atoms with Crippen molar-refractivity contribution in [3.05, 3.63) is 113 Å². The molecule has 0 atom stereocenters. The number of methoxy groups -OCH3 is 3. The van der Waals surface area contributed by atoms with Gasteiger partial charge in [-0.25, -0.2) is 4.79 Å². The number of carbonyl (C=O) groups is 4. The second-order valence-corrected chi connectivity index (χ2v) is 11.0. The number of rotatable bonds is 14. The maximum atomic E-state index is 13.7. The van der Waals surface area contributed by atoms with E-state index in [1.807, 2.05) is 6.07 Å². The number of hydrogen-bond acceptors (Lipinski definition) is 9. The minimum Gasteiger partial charge on any atom is -0.496 e. The van der Waals surface area contributed by atoms with Crippen LogP contribution < -0.4 is 30.2 Å². The quantitative estimate of drug-likeness (QED) is 0.0834. The summed E-state index contributed by atoms with van der Waals surface area (Å²) >= 11 is 1.27. The Morgan fingerprint density at radius 2 is 1.40 bits per heavy atom. The summed E-state index contributed by atoms with van der Waals surface area (Å²) in [6.07, 6.45) is 1.49. The summed E-state index contributed by atoms with van der Waals surface area (Å²) in [7, 11) is 4.46. The molecule has 4 rings (SSSR count). The first-order valence-corrected chi connectivity index (χ1v) is 15.7. The van der Waals surface area contributed by atoms with Crippen molar-refractivity contribution in [3.8, 4) is 17.2 Å². The third-order valence-electron chi connectivity index (χ3n) is 6.71. The lowest BCUT2D eigenvalue weighted by Gasteiger charge is -2.15.